The first-order valence-electron chi connectivity index (χ1n) is 5.83. The van der Waals surface area contributed by atoms with Gasteiger partial charge in [0.2, 0.25) is 0 Å². The monoisotopic (exact) mass is 260 g/mol. The molecule has 0 radical (unpaired) electrons. The van der Waals surface area contributed by atoms with Gasteiger partial charge in [-0.05, 0) is 37.6 Å². The van der Waals surface area contributed by atoms with Crippen molar-refractivity contribution in [1.82, 2.24) is 0 Å². The molecule has 1 aromatic rings. The number of phenolic OH excluding ortho intramolecular Hbond substituents is 1. The highest BCUT2D eigenvalue weighted by Gasteiger charge is 1.90. The van der Waals surface area contributed by atoms with Gasteiger partial charge in [-0.3, -0.25) is 0 Å². The SMILES string of the molecule is C=CC(=O)OCC=C(C)C.C=Cc1ccc(O)cc1. The third-order valence-corrected chi connectivity index (χ3v) is 2.01. The number of aromatic hydroxyl groups is 1. The van der Waals surface area contributed by atoms with Crippen LogP contribution in [0.15, 0.2) is 55.1 Å². The Hall–Kier alpha value is -2.29. The molecule has 0 amide bonds. The van der Waals surface area contributed by atoms with Crippen molar-refractivity contribution in [1.29, 1.82) is 0 Å². The third kappa shape index (κ3) is 9.41. The van der Waals surface area contributed by atoms with Crippen molar-refractivity contribution in [3.05, 3.63) is 60.7 Å². The largest absolute Gasteiger partial charge is 0.508 e. The van der Waals surface area contributed by atoms with Gasteiger partial charge in [0.1, 0.15) is 12.4 Å². The molecule has 0 aliphatic rings. The van der Waals surface area contributed by atoms with Crippen molar-refractivity contribution in [3.63, 3.8) is 0 Å². The molecule has 0 saturated heterocycles. The zero-order valence-corrected chi connectivity index (χ0v) is 11.4. The number of benzene rings is 1. The molecule has 0 aliphatic heterocycles. The summed E-state index contributed by atoms with van der Waals surface area (Å²) in [6, 6.07) is 6.89. The molecule has 3 nitrogen and oxygen atoms in total. The van der Waals surface area contributed by atoms with E-state index in [0.717, 1.165) is 17.2 Å². The van der Waals surface area contributed by atoms with Gasteiger partial charge >= 0.3 is 5.97 Å². The first kappa shape index (κ1) is 16.7. The summed E-state index contributed by atoms with van der Waals surface area (Å²) in [5.74, 6) is -0.0851. The van der Waals surface area contributed by atoms with Gasteiger partial charge in [0.15, 0.2) is 0 Å². The molecule has 0 saturated carbocycles. The Morgan fingerprint density at radius 1 is 1.26 bits per heavy atom. The van der Waals surface area contributed by atoms with Gasteiger partial charge in [-0.1, -0.05) is 36.9 Å². The Morgan fingerprint density at radius 2 is 1.84 bits per heavy atom. The molecule has 0 atom stereocenters. The summed E-state index contributed by atoms with van der Waals surface area (Å²) in [6.07, 6.45) is 4.72. The van der Waals surface area contributed by atoms with E-state index >= 15 is 0 Å². The predicted octanol–water partition coefficient (Wildman–Crippen LogP) is 3.72. The van der Waals surface area contributed by atoms with Crippen LogP contribution in [0.25, 0.3) is 6.08 Å². The van der Waals surface area contributed by atoms with Crippen molar-refractivity contribution in [2.75, 3.05) is 6.61 Å². The Bertz CT molecular complexity index is 438. The van der Waals surface area contributed by atoms with E-state index in [1.54, 1.807) is 18.2 Å². The van der Waals surface area contributed by atoms with E-state index in [-0.39, 0.29) is 5.97 Å². The fourth-order valence-electron chi connectivity index (χ4n) is 0.960. The predicted molar refractivity (Wildman–Crippen MR) is 78.8 cm³/mol. The minimum Gasteiger partial charge on any atom is -0.508 e. The lowest BCUT2D eigenvalue weighted by molar-refractivity contribution is -0.136. The average molecular weight is 260 g/mol. The number of rotatable bonds is 4. The van der Waals surface area contributed by atoms with Crippen LogP contribution in [-0.4, -0.2) is 17.7 Å². The number of hydrogen-bond donors (Lipinski definition) is 1. The van der Waals surface area contributed by atoms with Gasteiger partial charge in [0.25, 0.3) is 0 Å². The first-order valence-corrected chi connectivity index (χ1v) is 5.83. The van der Waals surface area contributed by atoms with Crippen LogP contribution in [0.5, 0.6) is 5.75 Å². The lowest BCUT2D eigenvalue weighted by Crippen LogP contribution is -1.99. The van der Waals surface area contributed by atoms with Gasteiger partial charge in [0.05, 0.1) is 0 Å². The number of esters is 1. The lowest BCUT2D eigenvalue weighted by Gasteiger charge is -1.95. The van der Waals surface area contributed by atoms with E-state index in [1.165, 1.54) is 0 Å². The van der Waals surface area contributed by atoms with Crippen molar-refractivity contribution in [2.45, 2.75) is 13.8 Å². The normalized spacial score (nSPS) is 8.53. The number of allylic oxidation sites excluding steroid dienone is 1. The average Bonchev–Trinajstić information content (AvgIpc) is 2.39. The molecule has 1 rings (SSSR count). The molecule has 0 fully saturated rings. The fourth-order valence-corrected chi connectivity index (χ4v) is 0.960. The maximum absolute atomic E-state index is 10.4. The summed E-state index contributed by atoms with van der Waals surface area (Å²) < 4.78 is 4.67. The molecule has 0 aromatic heterocycles. The first-order chi connectivity index (χ1) is 8.99. The van der Waals surface area contributed by atoms with Crippen LogP contribution < -0.4 is 0 Å². The quantitative estimate of drug-likeness (QED) is 0.510. The lowest BCUT2D eigenvalue weighted by atomic mass is 10.2. The van der Waals surface area contributed by atoms with Crippen LogP contribution in [0.1, 0.15) is 19.4 Å². The zero-order valence-electron chi connectivity index (χ0n) is 11.4. The molecule has 3 heteroatoms. The third-order valence-electron chi connectivity index (χ3n) is 2.01. The van der Waals surface area contributed by atoms with Crippen molar-refractivity contribution in [2.24, 2.45) is 0 Å². The second kappa shape index (κ2) is 9.71. The molecule has 0 heterocycles. The second-order valence-corrected chi connectivity index (χ2v) is 3.91. The highest BCUT2D eigenvalue weighted by atomic mass is 16.5. The van der Waals surface area contributed by atoms with Crippen LogP contribution in [-0.2, 0) is 9.53 Å². The minimum absolute atomic E-state index is 0.292. The zero-order chi connectivity index (χ0) is 14.7. The molecule has 102 valence electrons. The fraction of sp³-hybridized carbons (Fsp3) is 0.188. The number of hydrogen-bond acceptors (Lipinski definition) is 3. The Balaban J connectivity index is 0.000000342. The molecule has 19 heavy (non-hydrogen) atoms. The maximum Gasteiger partial charge on any atom is 0.330 e. The van der Waals surface area contributed by atoms with E-state index in [9.17, 15) is 4.79 Å². The van der Waals surface area contributed by atoms with Crippen LogP contribution in [0, 0.1) is 0 Å². The van der Waals surface area contributed by atoms with Gasteiger partial charge in [0, 0.05) is 6.08 Å². The molecule has 0 unspecified atom stereocenters. The van der Waals surface area contributed by atoms with Crippen LogP contribution in [0.2, 0.25) is 0 Å². The highest BCUT2D eigenvalue weighted by molar-refractivity contribution is 5.81. The van der Waals surface area contributed by atoms with E-state index < -0.39 is 0 Å². The molecule has 0 spiro atoms. The van der Waals surface area contributed by atoms with Crippen molar-refractivity contribution < 1.29 is 14.6 Å². The highest BCUT2D eigenvalue weighted by Crippen LogP contribution is 2.09. The van der Waals surface area contributed by atoms with Crippen LogP contribution in [0.3, 0.4) is 0 Å². The summed E-state index contributed by atoms with van der Waals surface area (Å²) in [4.78, 5) is 10.4. The number of ether oxygens (including phenoxy) is 1. The topological polar surface area (TPSA) is 46.5 Å². The molecule has 0 bridgehead atoms. The molecule has 1 aromatic carbocycles. The Labute approximate surface area is 114 Å². The van der Waals surface area contributed by atoms with Crippen molar-refractivity contribution in [3.8, 4) is 5.75 Å². The molecule has 1 N–H and O–H groups in total. The second-order valence-electron chi connectivity index (χ2n) is 3.91. The Kier molecular flexibility index (Phi) is 8.54. The summed E-state index contributed by atoms with van der Waals surface area (Å²) in [5, 5.41) is 8.82. The van der Waals surface area contributed by atoms with Crippen LogP contribution >= 0.6 is 0 Å². The Morgan fingerprint density at radius 3 is 2.26 bits per heavy atom. The smallest absolute Gasteiger partial charge is 0.330 e. The van der Waals surface area contributed by atoms with Gasteiger partial charge in [-0.2, -0.15) is 0 Å². The molecular formula is C16H20O3. The van der Waals surface area contributed by atoms with E-state index in [0.29, 0.717) is 12.4 Å². The van der Waals surface area contributed by atoms with E-state index in [4.69, 9.17) is 5.11 Å². The minimum atomic E-state index is -0.377. The van der Waals surface area contributed by atoms with E-state index in [1.807, 2.05) is 32.1 Å². The number of phenols is 1. The molecule has 0 aliphatic carbocycles. The van der Waals surface area contributed by atoms with Crippen LogP contribution in [0.4, 0.5) is 0 Å². The summed E-state index contributed by atoms with van der Waals surface area (Å²) in [5.41, 5.74) is 2.16. The summed E-state index contributed by atoms with van der Waals surface area (Å²) >= 11 is 0. The number of carbonyl (C=O) groups excluding carboxylic acids is 1. The standard InChI is InChI=1S/C8H12O2.C8H8O/c1-4-8(9)10-6-5-7(2)3;1-2-7-3-5-8(9)6-4-7/h4-5H,1,6H2,2-3H3;2-6,9H,1H2. The van der Waals surface area contributed by atoms with Gasteiger partial charge < -0.3 is 9.84 Å². The summed E-state index contributed by atoms with van der Waals surface area (Å²) in [6.45, 7) is 11.1. The number of carbonyl (C=O) groups is 1. The van der Waals surface area contributed by atoms with Gasteiger partial charge in [-0.25, -0.2) is 4.79 Å². The summed E-state index contributed by atoms with van der Waals surface area (Å²) in [7, 11) is 0. The maximum atomic E-state index is 10.4. The van der Waals surface area contributed by atoms with E-state index in [2.05, 4.69) is 17.9 Å². The van der Waals surface area contributed by atoms with Crippen molar-refractivity contribution >= 4 is 12.0 Å². The molecular weight excluding hydrogens is 240 g/mol. The van der Waals surface area contributed by atoms with Gasteiger partial charge in [-0.15, -0.1) is 0 Å².